The summed E-state index contributed by atoms with van der Waals surface area (Å²) in [7, 11) is 1.29. The molecule has 0 aliphatic rings. The molecule has 3 rings (SSSR count). The summed E-state index contributed by atoms with van der Waals surface area (Å²) in [5.74, 6) is -0.930. The number of amidine groups is 2. The van der Waals surface area contributed by atoms with Crippen molar-refractivity contribution in [2.24, 2.45) is 17.2 Å². The molecule has 0 bridgehead atoms. The highest BCUT2D eigenvalue weighted by molar-refractivity contribution is 6.02. The van der Waals surface area contributed by atoms with E-state index < -0.39 is 12.0 Å². The molecule has 1 atom stereocenters. The van der Waals surface area contributed by atoms with E-state index in [0.717, 1.165) is 28.5 Å². The Hall–Kier alpha value is -3.60. The number of ether oxygens (including phenoxy) is 1. The van der Waals surface area contributed by atoms with Crippen molar-refractivity contribution in [2.75, 3.05) is 13.7 Å². The third-order valence-corrected chi connectivity index (χ3v) is 5.81. The molecular formula is C25H33Cl2N7O3. The van der Waals surface area contributed by atoms with E-state index in [2.05, 4.69) is 10.3 Å². The molecule has 3 aromatic rings. The zero-order valence-electron chi connectivity index (χ0n) is 20.4. The van der Waals surface area contributed by atoms with Gasteiger partial charge >= 0.3 is 5.97 Å². The second-order valence-electron chi connectivity index (χ2n) is 8.25. The first-order chi connectivity index (χ1) is 16.7. The van der Waals surface area contributed by atoms with Crippen LogP contribution in [0.15, 0.2) is 42.5 Å². The summed E-state index contributed by atoms with van der Waals surface area (Å²) in [5, 5.41) is 18.9. The number of halogens is 2. The average Bonchev–Trinajstić information content (AvgIpc) is 3.20. The van der Waals surface area contributed by atoms with Crippen molar-refractivity contribution in [1.29, 1.82) is 10.8 Å². The van der Waals surface area contributed by atoms with Crippen LogP contribution < -0.4 is 22.5 Å². The van der Waals surface area contributed by atoms with Gasteiger partial charge in [-0.2, -0.15) is 0 Å². The first kappa shape index (κ1) is 31.4. The number of hydrogen-bond acceptors (Lipinski definition) is 6. The summed E-state index contributed by atoms with van der Waals surface area (Å²) >= 11 is 0. The average molecular weight is 550 g/mol. The fraction of sp³-hybridized carbons (Fsp3) is 0.280. The molecule has 12 heteroatoms. The van der Waals surface area contributed by atoms with Gasteiger partial charge in [-0.15, -0.1) is 24.8 Å². The van der Waals surface area contributed by atoms with Crippen LogP contribution in [-0.4, -0.2) is 48.2 Å². The summed E-state index contributed by atoms with van der Waals surface area (Å²) in [6.07, 6.45) is 1.87. The number of benzene rings is 2. The first-order valence-electron chi connectivity index (χ1n) is 11.3. The number of hydrogen-bond donors (Lipinski definition) is 7. The predicted molar refractivity (Wildman–Crippen MR) is 151 cm³/mol. The number of nitrogens with two attached hydrogens (primary N) is 3. The number of carbonyl (C=O) groups is 2. The lowest BCUT2D eigenvalue weighted by molar-refractivity contribution is -0.145. The van der Waals surface area contributed by atoms with Gasteiger partial charge < -0.3 is 32.2 Å². The van der Waals surface area contributed by atoms with Gasteiger partial charge in [-0.3, -0.25) is 15.6 Å². The summed E-state index contributed by atoms with van der Waals surface area (Å²) in [4.78, 5) is 28.6. The first-order valence-corrected chi connectivity index (χ1v) is 11.3. The maximum atomic E-state index is 13.1. The third kappa shape index (κ3) is 7.69. The van der Waals surface area contributed by atoms with Crippen LogP contribution in [0, 0.1) is 10.8 Å². The molecular weight excluding hydrogens is 517 g/mol. The van der Waals surface area contributed by atoms with Crippen LogP contribution in [0.2, 0.25) is 0 Å². The molecule has 0 radical (unpaired) electrons. The highest BCUT2D eigenvalue weighted by Crippen LogP contribution is 2.32. The monoisotopic (exact) mass is 549 g/mol. The van der Waals surface area contributed by atoms with Crippen molar-refractivity contribution in [3.8, 4) is 11.3 Å². The number of methoxy groups -OCH3 is 1. The number of H-pyrrole nitrogens is 1. The van der Waals surface area contributed by atoms with E-state index in [9.17, 15) is 9.59 Å². The highest BCUT2D eigenvalue weighted by Gasteiger charge is 2.23. The summed E-state index contributed by atoms with van der Waals surface area (Å²) in [6, 6.07) is 11.7. The molecule has 0 aliphatic carbocycles. The van der Waals surface area contributed by atoms with Crippen LogP contribution >= 0.6 is 24.8 Å². The number of rotatable bonds is 11. The Bertz CT molecular complexity index is 1260. The summed E-state index contributed by atoms with van der Waals surface area (Å²) < 4.78 is 4.86. The minimum absolute atomic E-state index is 0. The van der Waals surface area contributed by atoms with Gasteiger partial charge in [0.25, 0.3) is 0 Å². The molecule has 1 amide bonds. The Kier molecular flexibility index (Phi) is 12.1. The quantitative estimate of drug-likeness (QED) is 0.0829. The molecule has 10 nitrogen and oxygen atoms in total. The van der Waals surface area contributed by atoms with Crippen LogP contribution in [0.25, 0.3) is 22.2 Å². The molecule has 0 saturated heterocycles. The second kappa shape index (κ2) is 14.2. The van der Waals surface area contributed by atoms with Crippen LogP contribution in [0.1, 0.15) is 36.0 Å². The molecule has 200 valence electrons. The normalized spacial score (nSPS) is 11.1. The molecule has 1 unspecified atom stereocenters. The van der Waals surface area contributed by atoms with E-state index in [0.29, 0.717) is 36.2 Å². The topological polar surface area (TPSA) is 197 Å². The zero-order valence-corrected chi connectivity index (χ0v) is 22.1. The number of esters is 1. The molecule has 1 aromatic heterocycles. The standard InChI is InChI=1S/C25H31N7O3.2ClH/c1-35-25(34)19(4-2-3-11-26)31-21(33)13-18-17-10-9-16(24(29)30)12-20(17)32-22(18)14-5-7-15(8-6-14)23(27)28;;/h5-10,12,19,32H,2-4,11,13,26H2,1H3,(H3,27,28)(H3,29,30)(H,31,33);2*1H. The third-order valence-electron chi connectivity index (χ3n) is 5.81. The maximum absolute atomic E-state index is 13.1. The van der Waals surface area contributed by atoms with Crippen LogP contribution in [0.4, 0.5) is 0 Å². The number of fused-ring (bicyclic) bond motifs is 1. The fourth-order valence-electron chi connectivity index (χ4n) is 3.96. The van der Waals surface area contributed by atoms with Gasteiger partial charge in [0.15, 0.2) is 0 Å². The van der Waals surface area contributed by atoms with Crippen molar-refractivity contribution >= 4 is 59.3 Å². The molecule has 0 spiro atoms. The van der Waals surface area contributed by atoms with Crippen molar-refractivity contribution < 1.29 is 14.3 Å². The van der Waals surface area contributed by atoms with Crippen molar-refractivity contribution in [2.45, 2.75) is 31.7 Å². The highest BCUT2D eigenvalue weighted by atomic mass is 35.5. The smallest absolute Gasteiger partial charge is 0.328 e. The molecule has 37 heavy (non-hydrogen) atoms. The van der Waals surface area contributed by atoms with E-state index in [-0.39, 0.29) is 48.8 Å². The number of aromatic amines is 1. The zero-order chi connectivity index (χ0) is 25.5. The Morgan fingerprint density at radius 3 is 2.19 bits per heavy atom. The van der Waals surface area contributed by atoms with E-state index in [1.54, 1.807) is 24.3 Å². The lowest BCUT2D eigenvalue weighted by atomic mass is 10.00. The molecule has 0 fully saturated rings. The number of nitrogens with one attached hydrogen (secondary N) is 4. The Labute approximate surface area is 227 Å². The Morgan fingerprint density at radius 2 is 1.62 bits per heavy atom. The van der Waals surface area contributed by atoms with Crippen molar-refractivity contribution in [3.63, 3.8) is 0 Å². The molecule has 2 aromatic carbocycles. The van der Waals surface area contributed by atoms with E-state index >= 15 is 0 Å². The summed E-state index contributed by atoms with van der Waals surface area (Å²) in [5.41, 5.74) is 20.9. The number of nitrogen functional groups attached to an aromatic ring is 2. The van der Waals surface area contributed by atoms with Crippen molar-refractivity contribution in [3.05, 3.63) is 59.2 Å². The SMILES string of the molecule is COC(=O)C(CCCCN)NC(=O)Cc1c(-c2ccc(C(=N)N)cc2)[nH]c2cc(C(=N)N)ccc12.Cl.Cl. The lowest BCUT2D eigenvalue weighted by Gasteiger charge is -2.16. The van der Waals surface area contributed by atoms with E-state index in [4.69, 9.17) is 32.8 Å². The van der Waals surface area contributed by atoms with Gasteiger partial charge in [0, 0.05) is 22.0 Å². The molecule has 0 saturated carbocycles. The Balaban J connectivity index is 0.00000342. The van der Waals surface area contributed by atoms with Gasteiger partial charge in [0.05, 0.1) is 19.2 Å². The van der Waals surface area contributed by atoms with Crippen molar-refractivity contribution in [1.82, 2.24) is 10.3 Å². The summed E-state index contributed by atoms with van der Waals surface area (Å²) in [6.45, 7) is 0.505. The minimum atomic E-state index is -0.758. The van der Waals surface area contributed by atoms with E-state index in [1.165, 1.54) is 7.11 Å². The fourth-order valence-corrected chi connectivity index (χ4v) is 3.96. The minimum Gasteiger partial charge on any atom is -0.467 e. The van der Waals surface area contributed by atoms with Crippen LogP contribution in [0.5, 0.6) is 0 Å². The van der Waals surface area contributed by atoms with Gasteiger partial charge in [0.1, 0.15) is 17.7 Å². The number of amides is 1. The molecule has 0 aliphatic heterocycles. The second-order valence-corrected chi connectivity index (χ2v) is 8.25. The number of aromatic nitrogens is 1. The molecule has 10 N–H and O–H groups in total. The maximum Gasteiger partial charge on any atom is 0.328 e. The van der Waals surface area contributed by atoms with E-state index in [1.807, 2.05) is 18.2 Å². The number of carbonyl (C=O) groups excluding carboxylic acids is 2. The van der Waals surface area contributed by atoms with Crippen LogP contribution in [0.3, 0.4) is 0 Å². The Morgan fingerprint density at radius 1 is 1.00 bits per heavy atom. The predicted octanol–water partition coefficient (Wildman–Crippen LogP) is 2.58. The van der Waals surface area contributed by atoms with Gasteiger partial charge in [-0.05, 0) is 43.0 Å². The number of unbranched alkanes of at least 4 members (excludes halogenated alkanes) is 1. The van der Waals surface area contributed by atoms with Gasteiger partial charge in [-0.25, -0.2) is 4.79 Å². The van der Waals surface area contributed by atoms with Gasteiger partial charge in [-0.1, -0.05) is 36.4 Å². The van der Waals surface area contributed by atoms with Crippen LogP contribution in [-0.2, 0) is 20.7 Å². The largest absolute Gasteiger partial charge is 0.467 e. The molecule has 1 heterocycles. The van der Waals surface area contributed by atoms with Gasteiger partial charge in [0.2, 0.25) is 5.91 Å². The lowest BCUT2D eigenvalue weighted by Crippen LogP contribution is -2.42.